The molecule has 110 valence electrons. The van der Waals surface area contributed by atoms with Gasteiger partial charge in [-0.25, -0.2) is 4.98 Å². The predicted molar refractivity (Wildman–Crippen MR) is 83.6 cm³/mol. The Morgan fingerprint density at radius 2 is 1.86 bits per heavy atom. The first kappa shape index (κ1) is 14.0. The normalized spacial score (nSPS) is 10.5. The molecule has 22 heavy (non-hydrogen) atoms. The lowest BCUT2D eigenvalue weighted by molar-refractivity contribution is 0.102. The number of pyridine rings is 1. The Morgan fingerprint density at radius 1 is 1.09 bits per heavy atom. The molecule has 5 heteroatoms. The lowest BCUT2D eigenvalue weighted by atomic mass is 10.1. The summed E-state index contributed by atoms with van der Waals surface area (Å²) in [6.07, 6.45) is 3.18. The maximum absolute atomic E-state index is 12.1. The maximum atomic E-state index is 12.1. The third kappa shape index (κ3) is 3.03. The van der Waals surface area contributed by atoms with Crippen LogP contribution in [-0.4, -0.2) is 15.9 Å². The van der Waals surface area contributed by atoms with Crippen LogP contribution in [0.4, 0.5) is 5.69 Å². The summed E-state index contributed by atoms with van der Waals surface area (Å²) < 4.78 is 5.19. The van der Waals surface area contributed by atoms with Crippen molar-refractivity contribution in [1.82, 2.24) is 9.97 Å². The average molecular weight is 293 g/mol. The molecule has 2 aromatic heterocycles. The van der Waals surface area contributed by atoms with Crippen molar-refractivity contribution in [2.45, 2.75) is 13.8 Å². The lowest BCUT2D eigenvalue weighted by Gasteiger charge is -2.06. The molecular weight excluding hydrogens is 278 g/mol. The molecule has 0 bridgehead atoms. The zero-order chi connectivity index (χ0) is 15.5. The SMILES string of the molecule is Cc1ccc(C(=O)Nc2ccc(-c3coc(C)n3)cc2)cn1. The van der Waals surface area contributed by atoms with Gasteiger partial charge in [0.1, 0.15) is 12.0 Å². The van der Waals surface area contributed by atoms with E-state index in [1.54, 1.807) is 25.5 Å². The number of nitrogens with one attached hydrogen (secondary N) is 1. The Hall–Kier alpha value is -2.95. The summed E-state index contributed by atoms with van der Waals surface area (Å²) >= 11 is 0. The quantitative estimate of drug-likeness (QED) is 0.801. The molecule has 0 spiro atoms. The van der Waals surface area contributed by atoms with E-state index in [0.29, 0.717) is 11.5 Å². The second-order valence-corrected chi connectivity index (χ2v) is 4.97. The molecule has 1 aromatic carbocycles. The van der Waals surface area contributed by atoms with E-state index in [1.807, 2.05) is 37.3 Å². The average Bonchev–Trinajstić information content (AvgIpc) is 2.95. The molecule has 5 nitrogen and oxygen atoms in total. The predicted octanol–water partition coefficient (Wildman–Crippen LogP) is 3.61. The van der Waals surface area contributed by atoms with Crippen molar-refractivity contribution in [2.75, 3.05) is 5.32 Å². The first-order chi connectivity index (χ1) is 10.6. The van der Waals surface area contributed by atoms with Crippen molar-refractivity contribution in [3.05, 3.63) is 66.0 Å². The third-order valence-corrected chi connectivity index (χ3v) is 3.23. The summed E-state index contributed by atoms with van der Waals surface area (Å²) in [6.45, 7) is 3.68. The van der Waals surface area contributed by atoms with Crippen LogP contribution in [-0.2, 0) is 0 Å². The second kappa shape index (κ2) is 5.81. The molecule has 0 aliphatic carbocycles. The number of nitrogens with zero attached hydrogens (tertiary/aromatic N) is 2. The largest absolute Gasteiger partial charge is 0.449 e. The van der Waals surface area contributed by atoms with Crippen LogP contribution in [0, 0.1) is 13.8 Å². The first-order valence-corrected chi connectivity index (χ1v) is 6.88. The van der Waals surface area contributed by atoms with Crippen LogP contribution >= 0.6 is 0 Å². The van der Waals surface area contributed by atoms with E-state index >= 15 is 0 Å². The van der Waals surface area contributed by atoms with Gasteiger partial charge in [-0.1, -0.05) is 12.1 Å². The summed E-state index contributed by atoms with van der Waals surface area (Å²) in [5.41, 5.74) is 3.84. The van der Waals surface area contributed by atoms with Crippen molar-refractivity contribution in [3.63, 3.8) is 0 Å². The number of anilines is 1. The van der Waals surface area contributed by atoms with Crippen LogP contribution in [0.5, 0.6) is 0 Å². The van der Waals surface area contributed by atoms with Gasteiger partial charge in [0.15, 0.2) is 5.89 Å². The van der Waals surface area contributed by atoms with Gasteiger partial charge in [-0.2, -0.15) is 0 Å². The van der Waals surface area contributed by atoms with Gasteiger partial charge >= 0.3 is 0 Å². The Balaban J connectivity index is 1.73. The van der Waals surface area contributed by atoms with Crippen molar-refractivity contribution >= 4 is 11.6 Å². The number of rotatable bonds is 3. The van der Waals surface area contributed by atoms with Gasteiger partial charge in [0, 0.05) is 30.1 Å². The fourth-order valence-corrected chi connectivity index (χ4v) is 2.03. The van der Waals surface area contributed by atoms with E-state index in [9.17, 15) is 4.79 Å². The summed E-state index contributed by atoms with van der Waals surface area (Å²) in [5.74, 6) is 0.441. The number of benzene rings is 1. The van der Waals surface area contributed by atoms with Crippen LogP contribution in [0.1, 0.15) is 21.9 Å². The highest BCUT2D eigenvalue weighted by molar-refractivity contribution is 6.04. The van der Waals surface area contributed by atoms with Crippen LogP contribution in [0.3, 0.4) is 0 Å². The van der Waals surface area contributed by atoms with E-state index in [1.165, 1.54) is 0 Å². The molecule has 0 radical (unpaired) electrons. The van der Waals surface area contributed by atoms with Gasteiger partial charge in [0.2, 0.25) is 0 Å². The number of carbonyl (C=O) groups excluding carboxylic acids is 1. The van der Waals surface area contributed by atoms with Crippen molar-refractivity contribution in [2.24, 2.45) is 0 Å². The van der Waals surface area contributed by atoms with Gasteiger partial charge in [0.05, 0.1) is 5.56 Å². The molecule has 0 unspecified atom stereocenters. The second-order valence-electron chi connectivity index (χ2n) is 4.97. The highest BCUT2D eigenvalue weighted by Gasteiger charge is 2.07. The Kier molecular flexibility index (Phi) is 3.70. The molecule has 3 aromatic rings. The Bertz CT molecular complexity index is 790. The number of oxazole rings is 1. The third-order valence-electron chi connectivity index (χ3n) is 3.23. The molecule has 1 N–H and O–H groups in total. The zero-order valence-corrected chi connectivity index (χ0v) is 12.3. The van der Waals surface area contributed by atoms with Gasteiger partial charge < -0.3 is 9.73 Å². The van der Waals surface area contributed by atoms with Gasteiger partial charge in [-0.05, 0) is 31.2 Å². The summed E-state index contributed by atoms with van der Waals surface area (Å²) in [5, 5.41) is 2.84. The standard InChI is InChI=1S/C17H15N3O2/c1-11-3-4-14(9-18-11)17(21)20-15-7-5-13(6-8-15)16-10-22-12(2)19-16/h3-10H,1-2H3,(H,20,21). The maximum Gasteiger partial charge on any atom is 0.257 e. The molecule has 0 saturated carbocycles. The van der Waals surface area contributed by atoms with Crippen molar-refractivity contribution < 1.29 is 9.21 Å². The number of aromatic nitrogens is 2. The minimum absolute atomic E-state index is 0.183. The number of aryl methyl sites for hydroxylation is 2. The van der Waals surface area contributed by atoms with Gasteiger partial charge in [0.25, 0.3) is 5.91 Å². The molecule has 3 rings (SSSR count). The fraction of sp³-hybridized carbons (Fsp3) is 0.118. The first-order valence-electron chi connectivity index (χ1n) is 6.88. The molecule has 0 aliphatic rings. The fourth-order valence-electron chi connectivity index (χ4n) is 2.03. The Labute approximate surface area is 128 Å². The molecule has 0 atom stereocenters. The minimum Gasteiger partial charge on any atom is -0.449 e. The number of amides is 1. The summed E-state index contributed by atoms with van der Waals surface area (Å²) in [6, 6.07) is 11.0. The van der Waals surface area contributed by atoms with Gasteiger partial charge in [-0.15, -0.1) is 0 Å². The van der Waals surface area contributed by atoms with E-state index in [-0.39, 0.29) is 5.91 Å². The van der Waals surface area contributed by atoms with E-state index in [0.717, 1.165) is 22.6 Å². The number of carbonyl (C=O) groups is 1. The molecule has 1 amide bonds. The summed E-state index contributed by atoms with van der Waals surface area (Å²) in [7, 11) is 0. The van der Waals surface area contributed by atoms with Crippen LogP contribution in [0.25, 0.3) is 11.3 Å². The number of hydrogen-bond acceptors (Lipinski definition) is 4. The topological polar surface area (TPSA) is 68.0 Å². The molecule has 0 fully saturated rings. The van der Waals surface area contributed by atoms with E-state index in [2.05, 4.69) is 15.3 Å². The smallest absolute Gasteiger partial charge is 0.257 e. The highest BCUT2D eigenvalue weighted by Crippen LogP contribution is 2.21. The number of hydrogen-bond donors (Lipinski definition) is 1. The summed E-state index contributed by atoms with van der Waals surface area (Å²) in [4.78, 5) is 20.5. The van der Waals surface area contributed by atoms with Crippen LogP contribution in [0.2, 0.25) is 0 Å². The van der Waals surface area contributed by atoms with E-state index in [4.69, 9.17) is 4.42 Å². The lowest BCUT2D eigenvalue weighted by Crippen LogP contribution is -2.12. The molecule has 2 heterocycles. The van der Waals surface area contributed by atoms with Crippen molar-refractivity contribution in [1.29, 1.82) is 0 Å². The molecule has 0 saturated heterocycles. The van der Waals surface area contributed by atoms with Crippen LogP contribution in [0.15, 0.2) is 53.3 Å². The van der Waals surface area contributed by atoms with E-state index < -0.39 is 0 Å². The Morgan fingerprint density at radius 3 is 2.45 bits per heavy atom. The van der Waals surface area contributed by atoms with Crippen molar-refractivity contribution in [3.8, 4) is 11.3 Å². The van der Waals surface area contributed by atoms with Gasteiger partial charge in [-0.3, -0.25) is 9.78 Å². The molecule has 0 aliphatic heterocycles. The highest BCUT2D eigenvalue weighted by atomic mass is 16.3. The monoisotopic (exact) mass is 293 g/mol. The molecular formula is C17H15N3O2. The zero-order valence-electron chi connectivity index (χ0n) is 12.3. The van der Waals surface area contributed by atoms with Crippen LogP contribution < -0.4 is 5.32 Å². The minimum atomic E-state index is -0.183.